The van der Waals surface area contributed by atoms with E-state index in [1.165, 1.54) is 13.2 Å². The van der Waals surface area contributed by atoms with E-state index in [-0.39, 0.29) is 5.82 Å². The summed E-state index contributed by atoms with van der Waals surface area (Å²) in [6.45, 7) is 4.52. The fraction of sp³-hybridized carbons (Fsp3) is 0.538. The molecule has 4 nitrogen and oxygen atoms in total. The molecule has 1 aliphatic rings. The van der Waals surface area contributed by atoms with Gasteiger partial charge in [0.1, 0.15) is 5.82 Å². The van der Waals surface area contributed by atoms with Crippen LogP contribution in [0.2, 0.25) is 0 Å². The highest BCUT2D eigenvalue weighted by molar-refractivity contribution is 5.58. The fourth-order valence-corrected chi connectivity index (χ4v) is 2.24. The van der Waals surface area contributed by atoms with E-state index in [4.69, 9.17) is 9.47 Å². The number of halogens is 1. The summed E-state index contributed by atoms with van der Waals surface area (Å²) in [5.74, 6) is 0.698. The Labute approximate surface area is 107 Å². The van der Waals surface area contributed by atoms with Crippen LogP contribution in [0, 0.1) is 5.82 Å². The molecule has 1 aromatic carbocycles. The molecule has 0 aliphatic carbocycles. The molecule has 1 atom stereocenters. The van der Waals surface area contributed by atoms with Crippen LogP contribution in [0.5, 0.6) is 11.5 Å². The summed E-state index contributed by atoms with van der Waals surface area (Å²) in [5.41, 5.74) is 0.570. The van der Waals surface area contributed by atoms with Crippen molar-refractivity contribution in [1.29, 1.82) is 0 Å². The van der Waals surface area contributed by atoms with E-state index in [1.807, 2.05) is 4.90 Å². The summed E-state index contributed by atoms with van der Waals surface area (Å²) in [6.07, 6.45) is 0. The van der Waals surface area contributed by atoms with Crippen molar-refractivity contribution in [3.8, 4) is 11.5 Å². The van der Waals surface area contributed by atoms with Crippen molar-refractivity contribution in [3.05, 3.63) is 17.9 Å². The third kappa shape index (κ3) is 2.51. The van der Waals surface area contributed by atoms with Gasteiger partial charge in [0.25, 0.3) is 0 Å². The lowest BCUT2D eigenvalue weighted by Gasteiger charge is -2.34. The maximum atomic E-state index is 14.1. The maximum absolute atomic E-state index is 14.1. The number of piperazine rings is 1. The molecule has 0 bridgehead atoms. The van der Waals surface area contributed by atoms with Crippen LogP contribution in [0.1, 0.15) is 6.92 Å². The van der Waals surface area contributed by atoms with Crippen LogP contribution in [0.4, 0.5) is 10.1 Å². The van der Waals surface area contributed by atoms with Gasteiger partial charge in [-0.25, -0.2) is 4.39 Å². The Morgan fingerprint density at radius 2 is 1.94 bits per heavy atom. The number of methoxy groups -OCH3 is 2. The molecule has 18 heavy (non-hydrogen) atoms. The number of hydrogen-bond acceptors (Lipinski definition) is 4. The largest absolute Gasteiger partial charge is 0.493 e. The Hall–Kier alpha value is -1.49. The van der Waals surface area contributed by atoms with Gasteiger partial charge in [0.15, 0.2) is 11.5 Å². The van der Waals surface area contributed by atoms with Gasteiger partial charge in [-0.1, -0.05) is 0 Å². The third-order valence-electron chi connectivity index (χ3n) is 3.16. The summed E-state index contributed by atoms with van der Waals surface area (Å²) >= 11 is 0. The van der Waals surface area contributed by atoms with Crippen molar-refractivity contribution in [2.45, 2.75) is 13.0 Å². The monoisotopic (exact) mass is 254 g/mol. The molecular formula is C13H19FN2O2. The van der Waals surface area contributed by atoms with Crippen molar-refractivity contribution in [2.75, 3.05) is 38.8 Å². The smallest absolute Gasteiger partial charge is 0.163 e. The summed E-state index contributed by atoms with van der Waals surface area (Å²) in [4.78, 5) is 2.03. The summed E-state index contributed by atoms with van der Waals surface area (Å²) in [5, 5.41) is 3.33. The number of rotatable bonds is 3. The van der Waals surface area contributed by atoms with E-state index >= 15 is 0 Å². The standard InChI is InChI=1S/C13H19FN2O2/c1-9-8-16(5-4-15-9)11-7-13(18-3)12(17-2)6-10(11)14/h6-7,9,15H,4-5,8H2,1-3H3. The lowest BCUT2D eigenvalue weighted by atomic mass is 10.2. The van der Waals surface area contributed by atoms with Crippen molar-refractivity contribution in [3.63, 3.8) is 0 Å². The topological polar surface area (TPSA) is 33.7 Å². The second-order valence-corrected chi connectivity index (χ2v) is 4.46. The van der Waals surface area contributed by atoms with Crippen LogP contribution < -0.4 is 19.7 Å². The molecule has 0 saturated carbocycles. The number of anilines is 1. The number of benzene rings is 1. The number of nitrogens with zero attached hydrogens (tertiary/aromatic N) is 1. The molecule has 5 heteroatoms. The van der Waals surface area contributed by atoms with E-state index < -0.39 is 0 Å². The van der Waals surface area contributed by atoms with Crippen molar-refractivity contribution >= 4 is 5.69 Å². The maximum Gasteiger partial charge on any atom is 0.163 e. The molecule has 0 spiro atoms. The molecular weight excluding hydrogens is 235 g/mol. The Balaban J connectivity index is 2.32. The molecule has 0 radical (unpaired) electrons. The van der Waals surface area contributed by atoms with Gasteiger partial charge < -0.3 is 19.7 Å². The minimum Gasteiger partial charge on any atom is -0.493 e. The summed E-state index contributed by atoms with van der Waals surface area (Å²) in [6, 6.07) is 3.43. The molecule has 1 aromatic rings. The Morgan fingerprint density at radius 3 is 2.56 bits per heavy atom. The normalized spacial score (nSPS) is 19.8. The molecule has 1 unspecified atom stereocenters. The first-order chi connectivity index (χ1) is 8.65. The molecule has 2 rings (SSSR count). The summed E-state index contributed by atoms with van der Waals surface area (Å²) < 4.78 is 24.4. The van der Waals surface area contributed by atoms with E-state index in [9.17, 15) is 4.39 Å². The van der Waals surface area contributed by atoms with Gasteiger partial charge in [0.05, 0.1) is 19.9 Å². The average molecular weight is 254 g/mol. The van der Waals surface area contributed by atoms with Gasteiger partial charge in [-0.2, -0.15) is 0 Å². The fourth-order valence-electron chi connectivity index (χ4n) is 2.24. The van der Waals surface area contributed by atoms with Crippen molar-refractivity contribution < 1.29 is 13.9 Å². The zero-order valence-electron chi connectivity index (χ0n) is 11.0. The van der Waals surface area contributed by atoms with Crippen LogP contribution in [0.3, 0.4) is 0 Å². The highest BCUT2D eigenvalue weighted by atomic mass is 19.1. The highest BCUT2D eigenvalue weighted by Gasteiger charge is 2.21. The molecule has 1 heterocycles. The van der Waals surface area contributed by atoms with Crippen LogP contribution in [-0.4, -0.2) is 39.9 Å². The Morgan fingerprint density at radius 1 is 1.28 bits per heavy atom. The number of nitrogens with one attached hydrogen (secondary N) is 1. The van der Waals surface area contributed by atoms with Crippen molar-refractivity contribution in [1.82, 2.24) is 5.32 Å². The van der Waals surface area contributed by atoms with E-state index in [2.05, 4.69) is 12.2 Å². The van der Waals surface area contributed by atoms with Gasteiger partial charge in [0, 0.05) is 37.8 Å². The van der Waals surface area contributed by atoms with Crippen molar-refractivity contribution in [2.24, 2.45) is 0 Å². The SMILES string of the molecule is COc1cc(F)c(N2CCNC(C)C2)cc1OC. The quantitative estimate of drug-likeness (QED) is 0.889. The minimum absolute atomic E-state index is 0.276. The van der Waals surface area contributed by atoms with Crippen LogP contribution in [0.15, 0.2) is 12.1 Å². The lowest BCUT2D eigenvalue weighted by Crippen LogP contribution is -2.49. The average Bonchev–Trinajstić information content (AvgIpc) is 2.38. The van der Waals surface area contributed by atoms with E-state index in [0.29, 0.717) is 23.2 Å². The van der Waals surface area contributed by atoms with Crippen LogP contribution in [-0.2, 0) is 0 Å². The zero-order valence-corrected chi connectivity index (χ0v) is 11.0. The molecule has 1 saturated heterocycles. The molecule has 1 N–H and O–H groups in total. The predicted molar refractivity (Wildman–Crippen MR) is 69.2 cm³/mol. The molecule has 0 amide bonds. The molecule has 0 aromatic heterocycles. The van der Waals surface area contributed by atoms with Crippen LogP contribution >= 0.6 is 0 Å². The Kier molecular flexibility index (Phi) is 3.91. The summed E-state index contributed by atoms with van der Waals surface area (Å²) in [7, 11) is 3.06. The zero-order chi connectivity index (χ0) is 13.1. The van der Waals surface area contributed by atoms with E-state index in [0.717, 1.165) is 19.6 Å². The van der Waals surface area contributed by atoms with Gasteiger partial charge in [-0.3, -0.25) is 0 Å². The predicted octanol–water partition coefficient (Wildman–Crippen LogP) is 1.64. The Bertz CT molecular complexity index is 426. The second kappa shape index (κ2) is 5.44. The van der Waals surface area contributed by atoms with Gasteiger partial charge in [-0.15, -0.1) is 0 Å². The second-order valence-electron chi connectivity index (χ2n) is 4.46. The van der Waals surface area contributed by atoms with E-state index in [1.54, 1.807) is 13.2 Å². The molecule has 100 valence electrons. The lowest BCUT2D eigenvalue weighted by molar-refractivity contribution is 0.352. The van der Waals surface area contributed by atoms with Gasteiger partial charge >= 0.3 is 0 Å². The van der Waals surface area contributed by atoms with Gasteiger partial charge in [0.2, 0.25) is 0 Å². The first-order valence-corrected chi connectivity index (χ1v) is 6.05. The van der Waals surface area contributed by atoms with Crippen LogP contribution in [0.25, 0.3) is 0 Å². The number of hydrogen-bond donors (Lipinski definition) is 1. The first kappa shape index (κ1) is 13.0. The van der Waals surface area contributed by atoms with Gasteiger partial charge in [-0.05, 0) is 6.92 Å². The highest BCUT2D eigenvalue weighted by Crippen LogP contribution is 2.34. The first-order valence-electron chi connectivity index (χ1n) is 6.05. The molecule has 1 fully saturated rings. The number of ether oxygens (including phenoxy) is 2. The molecule has 1 aliphatic heterocycles. The third-order valence-corrected chi connectivity index (χ3v) is 3.16. The minimum atomic E-state index is -0.276.